The molecule has 0 heterocycles. The predicted octanol–water partition coefficient (Wildman–Crippen LogP) is 1.30. The van der Waals surface area contributed by atoms with Crippen LogP contribution in [0.3, 0.4) is 0 Å². The maximum absolute atomic E-state index is 10.5. The first kappa shape index (κ1) is 9.18. The third-order valence-corrected chi connectivity index (χ3v) is 1.76. The van der Waals surface area contributed by atoms with Crippen molar-refractivity contribution in [3.63, 3.8) is 0 Å². The number of nitro groups is 1. The number of hydrogen-bond acceptors (Lipinski definition) is 4. The molecule has 0 unspecified atom stereocenters. The van der Waals surface area contributed by atoms with E-state index < -0.39 is 4.92 Å². The Morgan fingerprint density at radius 3 is 2.62 bits per heavy atom. The Morgan fingerprint density at radius 2 is 2.15 bits per heavy atom. The summed E-state index contributed by atoms with van der Waals surface area (Å²) in [7, 11) is 0. The third kappa shape index (κ3) is 1.48. The summed E-state index contributed by atoms with van der Waals surface area (Å²) in [5.74, 6) is 0. The van der Waals surface area contributed by atoms with Gasteiger partial charge in [0.1, 0.15) is 5.69 Å². The number of nitrogens with two attached hydrogens (primary N) is 1. The van der Waals surface area contributed by atoms with Gasteiger partial charge in [-0.2, -0.15) is 0 Å². The minimum Gasteiger partial charge on any atom is -0.393 e. The van der Waals surface area contributed by atoms with Gasteiger partial charge in [-0.25, -0.2) is 0 Å². The molecule has 0 aliphatic heterocycles. The predicted molar refractivity (Wildman–Crippen MR) is 47.6 cm³/mol. The van der Waals surface area contributed by atoms with E-state index in [2.05, 4.69) is 0 Å². The summed E-state index contributed by atoms with van der Waals surface area (Å²) in [5.41, 5.74) is 5.77. The molecule has 1 aromatic rings. The van der Waals surface area contributed by atoms with Crippen LogP contribution in [0.15, 0.2) is 12.1 Å². The number of anilines is 1. The van der Waals surface area contributed by atoms with Gasteiger partial charge < -0.3 is 5.73 Å². The van der Waals surface area contributed by atoms with Crippen LogP contribution < -0.4 is 5.73 Å². The number of hydrogen-bond donors (Lipinski definition) is 1. The second-order valence-corrected chi connectivity index (χ2v) is 2.61. The number of benzene rings is 1. The normalized spacial score (nSPS) is 9.62. The molecule has 0 saturated heterocycles. The highest BCUT2D eigenvalue weighted by Crippen LogP contribution is 2.27. The first-order chi connectivity index (χ1) is 6.07. The molecule has 0 saturated carbocycles. The van der Waals surface area contributed by atoms with Crippen LogP contribution in [0.5, 0.6) is 0 Å². The molecule has 1 aromatic carbocycles. The van der Waals surface area contributed by atoms with Crippen molar-refractivity contribution in [3.05, 3.63) is 33.4 Å². The van der Waals surface area contributed by atoms with E-state index in [1.165, 1.54) is 12.1 Å². The smallest absolute Gasteiger partial charge is 0.295 e. The van der Waals surface area contributed by atoms with Crippen molar-refractivity contribution in [3.8, 4) is 0 Å². The fourth-order valence-corrected chi connectivity index (χ4v) is 1.08. The molecular formula is C8H8N2O3. The van der Waals surface area contributed by atoms with Crippen molar-refractivity contribution >= 4 is 17.7 Å². The van der Waals surface area contributed by atoms with E-state index in [1.54, 1.807) is 6.92 Å². The standard InChI is InChI=1S/C8H8N2O3/c1-5-2-3-6(4-11)7(9)8(5)10(12)13/h2-4H,9H2,1H3. The number of nitrogens with zero attached hydrogens (tertiary/aromatic N) is 1. The molecular weight excluding hydrogens is 172 g/mol. The summed E-state index contributed by atoms with van der Waals surface area (Å²) in [6.45, 7) is 1.57. The lowest BCUT2D eigenvalue weighted by Gasteiger charge is -2.02. The molecule has 0 atom stereocenters. The number of nitro benzene ring substituents is 1. The maximum atomic E-state index is 10.5. The number of carbonyl (C=O) groups is 1. The third-order valence-electron chi connectivity index (χ3n) is 1.76. The highest BCUT2D eigenvalue weighted by molar-refractivity contribution is 5.87. The highest BCUT2D eigenvalue weighted by Gasteiger charge is 2.17. The minimum atomic E-state index is -0.586. The first-order valence-corrected chi connectivity index (χ1v) is 3.56. The lowest BCUT2D eigenvalue weighted by Crippen LogP contribution is -2.01. The molecule has 1 rings (SSSR count). The van der Waals surface area contributed by atoms with Gasteiger partial charge >= 0.3 is 0 Å². The Hall–Kier alpha value is -1.91. The summed E-state index contributed by atoms with van der Waals surface area (Å²) >= 11 is 0. The molecule has 13 heavy (non-hydrogen) atoms. The monoisotopic (exact) mass is 180 g/mol. The summed E-state index contributed by atoms with van der Waals surface area (Å²) in [6, 6.07) is 2.96. The average Bonchev–Trinajstić information content (AvgIpc) is 2.04. The number of aryl methyl sites for hydroxylation is 1. The van der Waals surface area contributed by atoms with E-state index >= 15 is 0 Å². The van der Waals surface area contributed by atoms with Gasteiger partial charge in [-0.05, 0) is 13.0 Å². The molecule has 0 aromatic heterocycles. The fourth-order valence-electron chi connectivity index (χ4n) is 1.08. The van der Waals surface area contributed by atoms with Crippen LogP contribution in [0.4, 0.5) is 11.4 Å². The molecule has 0 amide bonds. The zero-order valence-electron chi connectivity index (χ0n) is 6.98. The van der Waals surface area contributed by atoms with Gasteiger partial charge in [0.2, 0.25) is 0 Å². The van der Waals surface area contributed by atoms with Gasteiger partial charge in [-0.15, -0.1) is 0 Å². The summed E-state index contributed by atoms with van der Waals surface area (Å²) in [6.07, 6.45) is 0.502. The zero-order chi connectivity index (χ0) is 10.0. The quantitative estimate of drug-likeness (QED) is 0.321. The van der Waals surface area contributed by atoms with Crippen molar-refractivity contribution in [2.45, 2.75) is 6.92 Å². The molecule has 0 fully saturated rings. The van der Waals surface area contributed by atoms with Crippen LogP contribution in [0.25, 0.3) is 0 Å². The molecule has 5 heteroatoms. The van der Waals surface area contributed by atoms with Crippen LogP contribution in [0, 0.1) is 17.0 Å². The second-order valence-electron chi connectivity index (χ2n) is 2.61. The molecule has 0 aliphatic carbocycles. The maximum Gasteiger partial charge on any atom is 0.295 e. The molecule has 0 radical (unpaired) electrons. The summed E-state index contributed by atoms with van der Waals surface area (Å²) in [4.78, 5) is 20.3. The topological polar surface area (TPSA) is 86.2 Å². The number of rotatable bonds is 2. The molecule has 0 spiro atoms. The molecule has 5 nitrogen and oxygen atoms in total. The van der Waals surface area contributed by atoms with Gasteiger partial charge in [0.25, 0.3) is 5.69 Å². The van der Waals surface area contributed by atoms with E-state index in [0.717, 1.165) is 0 Å². The van der Waals surface area contributed by atoms with Crippen molar-refractivity contribution in [1.82, 2.24) is 0 Å². The van der Waals surface area contributed by atoms with Crippen molar-refractivity contribution in [1.29, 1.82) is 0 Å². The minimum absolute atomic E-state index is 0.0694. The number of aldehydes is 1. The lowest BCUT2D eigenvalue weighted by atomic mass is 10.1. The molecule has 68 valence electrons. The fraction of sp³-hybridized carbons (Fsp3) is 0.125. The lowest BCUT2D eigenvalue weighted by molar-refractivity contribution is -0.384. The van der Waals surface area contributed by atoms with Gasteiger partial charge in [0.05, 0.1) is 4.92 Å². The number of nitrogen functional groups attached to an aromatic ring is 1. The van der Waals surface area contributed by atoms with Crippen molar-refractivity contribution in [2.24, 2.45) is 0 Å². The Bertz CT molecular complexity index is 374. The zero-order valence-corrected chi connectivity index (χ0v) is 6.98. The van der Waals surface area contributed by atoms with E-state index in [9.17, 15) is 14.9 Å². The highest BCUT2D eigenvalue weighted by atomic mass is 16.6. The van der Waals surface area contributed by atoms with Crippen LogP contribution in [-0.4, -0.2) is 11.2 Å². The van der Waals surface area contributed by atoms with Gasteiger partial charge in [0.15, 0.2) is 6.29 Å². The van der Waals surface area contributed by atoms with Gasteiger partial charge in [-0.3, -0.25) is 14.9 Å². The van der Waals surface area contributed by atoms with Crippen LogP contribution in [0.2, 0.25) is 0 Å². The Labute approximate surface area is 74.3 Å². The Balaban J connectivity index is 3.47. The van der Waals surface area contributed by atoms with Gasteiger partial charge in [-0.1, -0.05) is 6.07 Å². The molecule has 0 bridgehead atoms. The van der Waals surface area contributed by atoms with Crippen LogP contribution in [-0.2, 0) is 0 Å². The van der Waals surface area contributed by atoms with E-state index in [0.29, 0.717) is 11.8 Å². The Kier molecular flexibility index (Phi) is 2.27. The van der Waals surface area contributed by atoms with Crippen molar-refractivity contribution in [2.75, 3.05) is 5.73 Å². The first-order valence-electron chi connectivity index (χ1n) is 3.56. The van der Waals surface area contributed by atoms with E-state index in [1.807, 2.05) is 0 Å². The van der Waals surface area contributed by atoms with E-state index in [4.69, 9.17) is 5.73 Å². The molecule has 0 aliphatic rings. The summed E-state index contributed by atoms with van der Waals surface area (Å²) in [5, 5.41) is 10.5. The Morgan fingerprint density at radius 1 is 1.54 bits per heavy atom. The van der Waals surface area contributed by atoms with Crippen LogP contribution in [0.1, 0.15) is 15.9 Å². The van der Waals surface area contributed by atoms with Gasteiger partial charge in [0, 0.05) is 11.1 Å². The van der Waals surface area contributed by atoms with E-state index in [-0.39, 0.29) is 16.9 Å². The van der Waals surface area contributed by atoms with Crippen molar-refractivity contribution < 1.29 is 9.72 Å². The number of carbonyl (C=O) groups excluding carboxylic acids is 1. The summed E-state index contributed by atoms with van der Waals surface area (Å²) < 4.78 is 0. The van der Waals surface area contributed by atoms with Crippen LogP contribution >= 0.6 is 0 Å². The SMILES string of the molecule is Cc1ccc(C=O)c(N)c1[N+](=O)[O-]. The second kappa shape index (κ2) is 3.22. The average molecular weight is 180 g/mol. The largest absolute Gasteiger partial charge is 0.393 e. The molecule has 2 N–H and O–H groups in total.